The molecule has 1 nitrogen and oxygen atoms in total. The summed E-state index contributed by atoms with van der Waals surface area (Å²) < 4.78 is 17.4. The van der Waals surface area contributed by atoms with Gasteiger partial charge in [-0.3, -0.25) is 0 Å². The first kappa shape index (κ1) is 11.7. The summed E-state index contributed by atoms with van der Waals surface area (Å²) in [5.74, 6) is -0.109. The van der Waals surface area contributed by atoms with Crippen molar-refractivity contribution >= 4 is 9.69 Å². The average Bonchev–Trinajstić information content (AvgIpc) is 2.08. The Labute approximate surface area is 85.6 Å². The summed E-state index contributed by atoms with van der Waals surface area (Å²) in [6, 6.07) is 4.58. The van der Waals surface area contributed by atoms with Crippen molar-refractivity contribution in [3.63, 3.8) is 0 Å². The summed E-state index contributed by atoms with van der Waals surface area (Å²) in [6.45, 7) is 3.56. The quantitative estimate of drug-likeness (QED) is 0.541. The molecule has 1 rings (SSSR count). The van der Waals surface area contributed by atoms with Gasteiger partial charge in [-0.25, -0.2) is 4.39 Å². The Morgan fingerprint density at radius 1 is 1.50 bits per heavy atom. The monoisotopic (exact) mass is 238 g/mol. The minimum absolute atomic E-state index is 0.257. The normalized spacial score (nSPS) is 8.42. The summed E-state index contributed by atoms with van der Waals surface area (Å²) in [5, 5.41) is 0. The third kappa shape index (κ3) is 3.42. The van der Waals surface area contributed by atoms with Gasteiger partial charge in [0.1, 0.15) is 11.6 Å². The fourth-order valence-electron chi connectivity index (χ4n) is 0.710. The van der Waals surface area contributed by atoms with Crippen molar-refractivity contribution < 1.29 is 26.4 Å². The van der Waals surface area contributed by atoms with Crippen molar-refractivity contribution in [3.8, 4) is 5.75 Å². The zero-order valence-corrected chi connectivity index (χ0v) is 10.5. The molecule has 0 aliphatic heterocycles. The van der Waals surface area contributed by atoms with Gasteiger partial charge in [0.25, 0.3) is 0 Å². The van der Waals surface area contributed by atoms with Gasteiger partial charge in [0.15, 0.2) is 0 Å². The standard InChI is InChI=1S/C8H8FO.ClH.Zn/c1-6-3-4-8(10-2)7(9)5-6;;/h3-5H,1H2,2H3;1H;/q-1;;+2/p-1. The molecule has 0 atom stereocenters. The molecule has 0 N–H and O–H groups in total. The Morgan fingerprint density at radius 2 is 2.08 bits per heavy atom. The molecule has 4 heteroatoms. The molecule has 0 amide bonds. The Bertz CT molecular complexity index is 242. The molecule has 0 heterocycles. The van der Waals surface area contributed by atoms with Crippen molar-refractivity contribution in [2.45, 2.75) is 0 Å². The third-order valence-corrected chi connectivity index (χ3v) is 1.22. The molecule has 1 aromatic rings. The zero-order valence-electron chi connectivity index (χ0n) is 6.81. The number of hydrogen-bond acceptors (Lipinski definition) is 1. The summed E-state index contributed by atoms with van der Waals surface area (Å²) >= 11 is 0.847. The summed E-state index contributed by atoms with van der Waals surface area (Å²) in [7, 11) is 6.20. The molecule has 0 saturated carbocycles. The van der Waals surface area contributed by atoms with E-state index in [0.29, 0.717) is 5.56 Å². The molecule has 0 radical (unpaired) electrons. The van der Waals surface area contributed by atoms with Gasteiger partial charge < -0.3 is 4.74 Å². The van der Waals surface area contributed by atoms with E-state index in [1.165, 1.54) is 13.2 Å². The van der Waals surface area contributed by atoms with E-state index in [0.717, 1.165) is 17.3 Å². The van der Waals surface area contributed by atoms with Gasteiger partial charge >= 0.3 is 27.0 Å². The summed E-state index contributed by atoms with van der Waals surface area (Å²) in [4.78, 5) is 0. The fraction of sp³-hybridized carbons (Fsp3) is 0.125. The van der Waals surface area contributed by atoms with Crippen LogP contribution in [-0.2, 0) is 17.3 Å². The van der Waals surface area contributed by atoms with Gasteiger partial charge in [-0.05, 0) is 0 Å². The van der Waals surface area contributed by atoms with E-state index in [1.807, 2.05) is 0 Å². The molecule has 0 unspecified atom stereocenters. The van der Waals surface area contributed by atoms with Gasteiger partial charge in [0.2, 0.25) is 0 Å². The molecule has 0 spiro atoms. The van der Waals surface area contributed by atoms with Crippen LogP contribution in [0.2, 0.25) is 0 Å². The first-order valence-electron chi connectivity index (χ1n) is 3.16. The molecular formula is C8H8ClFOZn. The van der Waals surface area contributed by atoms with Crippen molar-refractivity contribution in [3.05, 3.63) is 36.5 Å². The van der Waals surface area contributed by atoms with E-state index >= 15 is 0 Å². The Morgan fingerprint density at radius 3 is 2.50 bits per heavy atom. The van der Waals surface area contributed by atoms with Crippen LogP contribution >= 0.6 is 9.69 Å². The Balaban J connectivity index is 0.000000561. The van der Waals surface area contributed by atoms with Gasteiger partial charge in [-0.2, -0.15) is 18.6 Å². The molecule has 0 aliphatic rings. The fourth-order valence-corrected chi connectivity index (χ4v) is 0.710. The average molecular weight is 240 g/mol. The van der Waals surface area contributed by atoms with Crippen LogP contribution < -0.4 is 4.74 Å². The molecule has 0 saturated heterocycles. The van der Waals surface area contributed by atoms with Crippen LogP contribution in [0, 0.1) is 12.7 Å². The topological polar surface area (TPSA) is 9.23 Å². The maximum atomic E-state index is 12.7. The third-order valence-electron chi connectivity index (χ3n) is 1.22. The predicted octanol–water partition coefficient (Wildman–Crippen LogP) is 2.70. The van der Waals surface area contributed by atoms with Crippen molar-refractivity contribution in [2.75, 3.05) is 7.11 Å². The van der Waals surface area contributed by atoms with Crippen LogP contribution in [0.15, 0.2) is 18.2 Å². The number of ether oxygens (including phenoxy) is 1. The number of rotatable bonds is 1. The second-order valence-corrected chi connectivity index (χ2v) is 1.97. The summed E-state index contributed by atoms with van der Waals surface area (Å²) in [5.41, 5.74) is 0.651. The predicted molar refractivity (Wildman–Crippen MR) is 43.3 cm³/mol. The van der Waals surface area contributed by atoms with Crippen LogP contribution in [0.3, 0.4) is 0 Å². The molecule has 0 aliphatic carbocycles. The van der Waals surface area contributed by atoms with Crippen LogP contribution in [0.4, 0.5) is 4.39 Å². The minimum atomic E-state index is -0.366. The number of hydrogen-bond donors (Lipinski definition) is 0. The maximum absolute atomic E-state index is 12.7. The number of benzene rings is 1. The zero-order chi connectivity index (χ0) is 9.56. The van der Waals surface area contributed by atoms with Crippen LogP contribution in [0.25, 0.3) is 0 Å². The van der Waals surface area contributed by atoms with Gasteiger partial charge in [0.05, 0.1) is 7.11 Å². The number of methoxy groups -OCH3 is 1. The molecule has 62 valence electrons. The van der Waals surface area contributed by atoms with Crippen LogP contribution in [-0.4, -0.2) is 7.11 Å². The Hall–Kier alpha value is -0.267. The van der Waals surface area contributed by atoms with E-state index in [2.05, 4.69) is 6.92 Å². The van der Waals surface area contributed by atoms with E-state index in [-0.39, 0.29) is 11.6 Å². The van der Waals surface area contributed by atoms with Crippen molar-refractivity contribution in [1.82, 2.24) is 0 Å². The van der Waals surface area contributed by atoms with E-state index in [9.17, 15) is 4.39 Å². The summed E-state index contributed by atoms with van der Waals surface area (Å²) in [6.07, 6.45) is 0. The van der Waals surface area contributed by atoms with Gasteiger partial charge in [-0.15, -0.1) is 6.07 Å². The molecule has 1 aromatic carbocycles. The number of halogens is 2. The Kier molecular flexibility index (Phi) is 6.13. The van der Waals surface area contributed by atoms with Crippen LogP contribution in [0.5, 0.6) is 5.75 Å². The van der Waals surface area contributed by atoms with Gasteiger partial charge in [0, 0.05) is 0 Å². The SMILES string of the molecule is [CH2-]c1ccc(OC)c(F)c1.[Cl][Zn+]. The first-order chi connectivity index (χ1) is 5.74. The molecule has 12 heavy (non-hydrogen) atoms. The van der Waals surface area contributed by atoms with Crippen molar-refractivity contribution in [2.24, 2.45) is 0 Å². The molecule has 0 bridgehead atoms. The first-order valence-corrected chi connectivity index (χ1v) is 7.06. The van der Waals surface area contributed by atoms with E-state index < -0.39 is 0 Å². The van der Waals surface area contributed by atoms with E-state index in [1.54, 1.807) is 12.1 Å². The van der Waals surface area contributed by atoms with Crippen LogP contribution in [0.1, 0.15) is 5.56 Å². The molecular weight excluding hydrogens is 232 g/mol. The van der Waals surface area contributed by atoms with E-state index in [4.69, 9.17) is 14.4 Å². The van der Waals surface area contributed by atoms with Crippen molar-refractivity contribution in [1.29, 1.82) is 0 Å². The second kappa shape index (κ2) is 6.27. The molecule has 0 fully saturated rings. The van der Waals surface area contributed by atoms with Gasteiger partial charge in [-0.1, -0.05) is 6.07 Å². The second-order valence-electron chi connectivity index (χ2n) is 1.97. The molecule has 0 aromatic heterocycles.